The summed E-state index contributed by atoms with van der Waals surface area (Å²) in [6, 6.07) is 4.92. The topological polar surface area (TPSA) is 35.2 Å². The van der Waals surface area contributed by atoms with E-state index in [0.29, 0.717) is 0 Å². The van der Waals surface area contributed by atoms with E-state index in [2.05, 4.69) is 0 Å². The zero-order valence-corrected chi connectivity index (χ0v) is 9.10. The lowest BCUT2D eigenvalue weighted by Crippen LogP contribution is -2.13. The Kier molecular flexibility index (Phi) is 5.50. The highest BCUT2D eigenvalue weighted by molar-refractivity contribution is 5.85. The number of halogens is 2. The van der Waals surface area contributed by atoms with Gasteiger partial charge in [0, 0.05) is 0 Å². The Bertz CT molecular complexity index is 293. The van der Waals surface area contributed by atoms with E-state index in [4.69, 9.17) is 10.5 Å². The molecule has 1 aromatic rings. The summed E-state index contributed by atoms with van der Waals surface area (Å²) in [7, 11) is 1.60. The lowest BCUT2D eigenvalue weighted by Gasteiger charge is -2.11. The molecule has 1 aromatic carbocycles. The predicted molar refractivity (Wildman–Crippen MR) is 57.9 cm³/mol. The van der Waals surface area contributed by atoms with Gasteiger partial charge in [0.1, 0.15) is 12.4 Å². The van der Waals surface area contributed by atoms with Gasteiger partial charge >= 0.3 is 0 Å². The first-order valence-electron chi connectivity index (χ1n) is 4.15. The molecule has 0 fully saturated rings. The molecule has 1 atom stereocenters. The second-order valence-electron chi connectivity index (χ2n) is 2.98. The molecule has 0 saturated carbocycles. The molecule has 0 heterocycles. The van der Waals surface area contributed by atoms with Crippen LogP contribution in [0.4, 0.5) is 4.39 Å². The number of rotatable bonds is 3. The minimum absolute atomic E-state index is 0. The fourth-order valence-corrected chi connectivity index (χ4v) is 1.27. The van der Waals surface area contributed by atoms with Gasteiger partial charge in [0.25, 0.3) is 0 Å². The van der Waals surface area contributed by atoms with Crippen LogP contribution < -0.4 is 10.5 Å². The average molecular weight is 220 g/mol. The molecule has 0 aliphatic carbocycles. The first-order chi connectivity index (χ1) is 6.19. The monoisotopic (exact) mass is 219 g/mol. The zero-order valence-electron chi connectivity index (χ0n) is 8.29. The molecule has 0 bridgehead atoms. The van der Waals surface area contributed by atoms with Crippen LogP contribution in [0.15, 0.2) is 18.2 Å². The molecule has 14 heavy (non-hydrogen) atoms. The summed E-state index contributed by atoms with van der Waals surface area (Å²) in [4.78, 5) is 0. The number of aryl methyl sites for hydroxylation is 1. The second-order valence-corrected chi connectivity index (χ2v) is 2.98. The predicted octanol–water partition coefficient (Wildman–Crippen LogP) is 2.39. The molecule has 0 saturated heterocycles. The van der Waals surface area contributed by atoms with Crippen molar-refractivity contribution in [2.45, 2.75) is 13.0 Å². The van der Waals surface area contributed by atoms with Gasteiger partial charge < -0.3 is 10.5 Å². The molecular formula is C10H15ClFNO. The fourth-order valence-electron chi connectivity index (χ4n) is 1.27. The number of ether oxygens (including phenoxy) is 1. The van der Waals surface area contributed by atoms with Crippen molar-refractivity contribution in [3.05, 3.63) is 29.3 Å². The van der Waals surface area contributed by atoms with Crippen LogP contribution in [0.5, 0.6) is 5.75 Å². The van der Waals surface area contributed by atoms with Gasteiger partial charge in [-0.25, -0.2) is 4.39 Å². The lowest BCUT2D eigenvalue weighted by atomic mass is 10.0. The molecule has 0 aliphatic rings. The normalized spacial score (nSPS) is 11.7. The Morgan fingerprint density at radius 3 is 2.57 bits per heavy atom. The van der Waals surface area contributed by atoms with Crippen molar-refractivity contribution in [1.82, 2.24) is 0 Å². The largest absolute Gasteiger partial charge is 0.497 e. The maximum absolute atomic E-state index is 12.3. The van der Waals surface area contributed by atoms with Crippen LogP contribution in [0.2, 0.25) is 0 Å². The van der Waals surface area contributed by atoms with E-state index in [0.717, 1.165) is 16.9 Å². The van der Waals surface area contributed by atoms with Crippen LogP contribution in [-0.4, -0.2) is 13.8 Å². The highest BCUT2D eigenvalue weighted by Gasteiger charge is 2.08. The molecule has 0 unspecified atom stereocenters. The highest BCUT2D eigenvalue weighted by Crippen LogP contribution is 2.21. The van der Waals surface area contributed by atoms with E-state index in [1.807, 2.05) is 13.0 Å². The van der Waals surface area contributed by atoms with Crippen LogP contribution in [0.3, 0.4) is 0 Å². The van der Waals surface area contributed by atoms with Crippen LogP contribution >= 0.6 is 12.4 Å². The average Bonchev–Trinajstić information content (AvgIpc) is 2.16. The Morgan fingerprint density at radius 2 is 2.14 bits per heavy atom. The van der Waals surface area contributed by atoms with Crippen LogP contribution in [0.1, 0.15) is 17.2 Å². The number of alkyl halides is 1. The van der Waals surface area contributed by atoms with E-state index in [1.165, 1.54) is 0 Å². The zero-order chi connectivity index (χ0) is 9.84. The Balaban J connectivity index is 0.00000169. The van der Waals surface area contributed by atoms with Gasteiger partial charge in [0.15, 0.2) is 0 Å². The molecule has 0 amide bonds. The number of hydrogen-bond donors (Lipinski definition) is 1. The molecule has 0 spiro atoms. The van der Waals surface area contributed by atoms with Gasteiger partial charge in [0.05, 0.1) is 13.2 Å². The number of methoxy groups -OCH3 is 1. The van der Waals surface area contributed by atoms with E-state index < -0.39 is 12.7 Å². The van der Waals surface area contributed by atoms with Crippen LogP contribution in [0, 0.1) is 6.92 Å². The highest BCUT2D eigenvalue weighted by atomic mass is 35.5. The van der Waals surface area contributed by atoms with E-state index in [-0.39, 0.29) is 12.4 Å². The maximum Gasteiger partial charge on any atom is 0.119 e. The van der Waals surface area contributed by atoms with Crippen molar-refractivity contribution >= 4 is 12.4 Å². The van der Waals surface area contributed by atoms with Crippen LogP contribution in [-0.2, 0) is 0 Å². The smallest absolute Gasteiger partial charge is 0.119 e. The first-order valence-corrected chi connectivity index (χ1v) is 4.15. The molecule has 0 aliphatic heterocycles. The van der Waals surface area contributed by atoms with Gasteiger partial charge in [-0.1, -0.05) is 6.07 Å². The Labute approximate surface area is 89.7 Å². The SMILES string of the molecule is COc1ccc([C@H](N)CF)c(C)c1.Cl. The summed E-state index contributed by atoms with van der Waals surface area (Å²) >= 11 is 0. The van der Waals surface area contributed by atoms with Crippen molar-refractivity contribution < 1.29 is 9.13 Å². The van der Waals surface area contributed by atoms with Gasteiger partial charge in [0.2, 0.25) is 0 Å². The third-order valence-electron chi connectivity index (χ3n) is 2.04. The van der Waals surface area contributed by atoms with E-state index in [1.54, 1.807) is 19.2 Å². The van der Waals surface area contributed by atoms with Gasteiger partial charge in [-0.05, 0) is 30.2 Å². The molecule has 0 radical (unpaired) electrons. The summed E-state index contributed by atoms with van der Waals surface area (Å²) in [6.07, 6.45) is 0. The van der Waals surface area contributed by atoms with Gasteiger partial charge in [-0.2, -0.15) is 0 Å². The minimum Gasteiger partial charge on any atom is -0.497 e. The summed E-state index contributed by atoms with van der Waals surface area (Å²) in [5, 5.41) is 0. The molecule has 1 rings (SSSR count). The van der Waals surface area contributed by atoms with Crippen molar-refractivity contribution in [2.24, 2.45) is 5.73 Å². The lowest BCUT2D eigenvalue weighted by molar-refractivity contribution is 0.412. The number of hydrogen-bond acceptors (Lipinski definition) is 2. The van der Waals surface area contributed by atoms with Crippen LogP contribution in [0.25, 0.3) is 0 Å². The van der Waals surface area contributed by atoms with E-state index in [9.17, 15) is 4.39 Å². The number of nitrogens with two attached hydrogens (primary N) is 1. The molecular weight excluding hydrogens is 205 g/mol. The summed E-state index contributed by atoms with van der Waals surface area (Å²) in [5.74, 6) is 0.771. The third kappa shape index (κ3) is 2.86. The Hall–Kier alpha value is -0.800. The van der Waals surface area contributed by atoms with Crippen molar-refractivity contribution in [3.8, 4) is 5.75 Å². The third-order valence-corrected chi connectivity index (χ3v) is 2.04. The molecule has 2 nitrogen and oxygen atoms in total. The molecule has 2 N–H and O–H groups in total. The van der Waals surface area contributed by atoms with Crippen molar-refractivity contribution in [1.29, 1.82) is 0 Å². The van der Waals surface area contributed by atoms with Crippen molar-refractivity contribution in [2.75, 3.05) is 13.8 Å². The maximum atomic E-state index is 12.3. The van der Waals surface area contributed by atoms with Gasteiger partial charge in [-0.15, -0.1) is 12.4 Å². The van der Waals surface area contributed by atoms with E-state index >= 15 is 0 Å². The number of benzene rings is 1. The molecule has 0 aromatic heterocycles. The second kappa shape index (κ2) is 5.83. The fraction of sp³-hybridized carbons (Fsp3) is 0.400. The molecule has 4 heteroatoms. The summed E-state index contributed by atoms with van der Waals surface area (Å²) < 4.78 is 17.3. The summed E-state index contributed by atoms with van der Waals surface area (Å²) in [6.45, 7) is 1.36. The summed E-state index contributed by atoms with van der Waals surface area (Å²) in [5.41, 5.74) is 7.37. The quantitative estimate of drug-likeness (QED) is 0.848. The van der Waals surface area contributed by atoms with Crippen molar-refractivity contribution in [3.63, 3.8) is 0 Å². The first kappa shape index (κ1) is 13.2. The Morgan fingerprint density at radius 1 is 1.50 bits per heavy atom. The van der Waals surface area contributed by atoms with Gasteiger partial charge in [-0.3, -0.25) is 0 Å². The molecule has 80 valence electrons. The minimum atomic E-state index is -0.535. The standard InChI is InChI=1S/C10H14FNO.ClH/c1-7-5-8(13-2)3-4-9(7)10(12)6-11;/h3-5,10H,6,12H2,1-2H3;1H/t10-;/m1./s1.